The number of carbonyl (C=O) groups excluding carboxylic acids is 2. The summed E-state index contributed by atoms with van der Waals surface area (Å²) in [5.41, 5.74) is 0.613. The molecule has 138 valence electrons. The van der Waals surface area contributed by atoms with Crippen LogP contribution in [0.4, 0.5) is 11.5 Å². The van der Waals surface area contributed by atoms with Gasteiger partial charge in [0, 0.05) is 11.8 Å². The standard InChI is InChI=1S/C18H15ClN4O4/c1-10-8-16(23-27-10)22-18(25)14-5-3-4-13(21-14)17(24)20-11-6-7-15(26-2)12(19)9-11/h3-9H,1-2H3,(H,20,24)(H,22,23,25). The average Bonchev–Trinajstić information content (AvgIpc) is 3.06. The SMILES string of the molecule is COc1ccc(NC(=O)c2cccc(C(=O)Nc3cc(C)on3)n2)cc1Cl. The van der Waals surface area contributed by atoms with E-state index in [9.17, 15) is 9.59 Å². The van der Waals surface area contributed by atoms with Gasteiger partial charge in [-0.2, -0.15) is 0 Å². The summed E-state index contributed by atoms with van der Waals surface area (Å²) in [7, 11) is 1.50. The van der Waals surface area contributed by atoms with Crippen molar-refractivity contribution in [3.05, 3.63) is 64.6 Å². The molecule has 0 atom stereocenters. The molecule has 0 aliphatic rings. The Morgan fingerprint density at radius 1 is 1.07 bits per heavy atom. The fourth-order valence-corrected chi connectivity index (χ4v) is 2.49. The lowest BCUT2D eigenvalue weighted by molar-refractivity contribution is 0.101. The molecule has 0 saturated heterocycles. The molecule has 3 rings (SSSR count). The van der Waals surface area contributed by atoms with Crippen molar-refractivity contribution in [2.75, 3.05) is 17.7 Å². The van der Waals surface area contributed by atoms with Gasteiger partial charge in [-0.05, 0) is 37.3 Å². The minimum absolute atomic E-state index is 0.0658. The Labute approximate surface area is 159 Å². The van der Waals surface area contributed by atoms with Gasteiger partial charge in [-0.25, -0.2) is 4.98 Å². The molecule has 3 aromatic rings. The fraction of sp³-hybridized carbons (Fsp3) is 0.111. The summed E-state index contributed by atoms with van der Waals surface area (Å²) in [6, 6.07) is 11.0. The number of methoxy groups -OCH3 is 1. The van der Waals surface area contributed by atoms with E-state index in [0.29, 0.717) is 22.2 Å². The van der Waals surface area contributed by atoms with E-state index in [1.807, 2.05) is 0 Å². The van der Waals surface area contributed by atoms with Gasteiger partial charge in [-0.15, -0.1) is 0 Å². The molecule has 27 heavy (non-hydrogen) atoms. The van der Waals surface area contributed by atoms with Gasteiger partial charge in [-0.3, -0.25) is 9.59 Å². The van der Waals surface area contributed by atoms with E-state index in [2.05, 4.69) is 20.8 Å². The second kappa shape index (κ2) is 7.88. The van der Waals surface area contributed by atoms with Crippen molar-refractivity contribution in [2.45, 2.75) is 6.92 Å². The first-order valence-corrected chi connectivity index (χ1v) is 8.20. The highest BCUT2D eigenvalue weighted by Gasteiger charge is 2.14. The Morgan fingerprint density at radius 3 is 2.37 bits per heavy atom. The third kappa shape index (κ3) is 4.42. The van der Waals surface area contributed by atoms with Gasteiger partial charge in [0.15, 0.2) is 5.82 Å². The Balaban J connectivity index is 1.73. The molecule has 2 amide bonds. The second-order valence-electron chi connectivity index (χ2n) is 5.49. The monoisotopic (exact) mass is 386 g/mol. The van der Waals surface area contributed by atoms with Crippen LogP contribution in [-0.2, 0) is 0 Å². The lowest BCUT2D eigenvalue weighted by Gasteiger charge is -2.08. The minimum Gasteiger partial charge on any atom is -0.495 e. The number of halogens is 1. The van der Waals surface area contributed by atoms with Crippen molar-refractivity contribution in [1.29, 1.82) is 0 Å². The summed E-state index contributed by atoms with van der Waals surface area (Å²) in [6.07, 6.45) is 0. The number of hydrogen-bond acceptors (Lipinski definition) is 6. The molecule has 8 nitrogen and oxygen atoms in total. The molecule has 0 unspecified atom stereocenters. The fourth-order valence-electron chi connectivity index (χ4n) is 2.23. The summed E-state index contributed by atoms with van der Waals surface area (Å²) in [4.78, 5) is 28.8. The molecular formula is C18H15ClN4O4. The Morgan fingerprint density at radius 2 is 1.78 bits per heavy atom. The van der Waals surface area contributed by atoms with E-state index in [4.69, 9.17) is 20.9 Å². The molecule has 2 N–H and O–H groups in total. The zero-order valence-electron chi connectivity index (χ0n) is 14.4. The predicted molar refractivity (Wildman–Crippen MR) is 99.4 cm³/mol. The van der Waals surface area contributed by atoms with E-state index in [0.717, 1.165) is 0 Å². The van der Waals surface area contributed by atoms with E-state index in [-0.39, 0.29) is 17.2 Å². The van der Waals surface area contributed by atoms with Gasteiger partial charge in [0.05, 0.1) is 12.1 Å². The number of aryl methyl sites for hydroxylation is 1. The summed E-state index contributed by atoms with van der Waals surface area (Å²) >= 11 is 6.05. The highest BCUT2D eigenvalue weighted by atomic mass is 35.5. The number of pyridine rings is 1. The Bertz CT molecular complexity index is 1000. The average molecular weight is 387 g/mol. The Kier molecular flexibility index (Phi) is 5.37. The zero-order valence-corrected chi connectivity index (χ0v) is 15.2. The van der Waals surface area contributed by atoms with Crippen LogP contribution >= 0.6 is 11.6 Å². The van der Waals surface area contributed by atoms with Crippen molar-refractivity contribution in [1.82, 2.24) is 10.1 Å². The smallest absolute Gasteiger partial charge is 0.275 e. The van der Waals surface area contributed by atoms with Gasteiger partial charge in [-0.1, -0.05) is 22.8 Å². The Hall–Kier alpha value is -3.39. The molecular weight excluding hydrogens is 372 g/mol. The van der Waals surface area contributed by atoms with Crippen LogP contribution in [0.5, 0.6) is 5.75 Å². The van der Waals surface area contributed by atoms with Crippen molar-refractivity contribution in [3.63, 3.8) is 0 Å². The molecule has 2 aromatic heterocycles. The van der Waals surface area contributed by atoms with Gasteiger partial charge in [0.1, 0.15) is 22.9 Å². The molecule has 0 radical (unpaired) electrons. The summed E-state index contributed by atoms with van der Waals surface area (Å²) in [6.45, 7) is 1.71. The number of anilines is 2. The highest BCUT2D eigenvalue weighted by molar-refractivity contribution is 6.32. The predicted octanol–water partition coefficient (Wildman–Crippen LogP) is 3.54. The van der Waals surface area contributed by atoms with Crippen LogP contribution < -0.4 is 15.4 Å². The number of hydrogen-bond donors (Lipinski definition) is 2. The van der Waals surface area contributed by atoms with Gasteiger partial charge in [0.25, 0.3) is 11.8 Å². The van der Waals surface area contributed by atoms with Crippen molar-refractivity contribution in [3.8, 4) is 5.75 Å². The van der Waals surface area contributed by atoms with Crippen LogP contribution in [0.25, 0.3) is 0 Å². The van der Waals surface area contributed by atoms with E-state index in [1.54, 1.807) is 37.3 Å². The number of nitrogens with zero attached hydrogens (tertiary/aromatic N) is 2. The van der Waals surface area contributed by atoms with Crippen LogP contribution in [0.15, 0.2) is 47.0 Å². The maximum absolute atomic E-state index is 12.4. The molecule has 0 aliphatic heterocycles. The first-order chi connectivity index (χ1) is 13.0. The topological polar surface area (TPSA) is 106 Å². The molecule has 9 heteroatoms. The summed E-state index contributed by atoms with van der Waals surface area (Å²) < 4.78 is 9.96. The summed E-state index contributed by atoms with van der Waals surface area (Å²) in [5, 5.41) is 9.26. The number of amides is 2. The number of ether oxygens (including phenoxy) is 1. The zero-order chi connectivity index (χ0) is 19.4. The van der Waals surface area contributed by atoms with E-state index >= 15 is 0 Å². The molecule has 0 saturated carbocycles. The number of carbonyl (C=O) groups is 2. The quantitative estimate of drug-likeness (QED) is 0.694. The number of nitrogens with one attached hydrogen (secondary N) is 2. The van der Waals surface area contributed by atoms with E-state index in [1.165, 1.54) is 19.2 Å². The summed E-state index contributed by atoms with van der Waals surface area (Å²) in [5.74, 6) is 0.328. The molecule has 0 aliphatic carbocycles. The maximum atomic E-state index is 12.4. The van der Waals surface area contributed by atoms with Crippen molar-refractivity contribution < 1.29 is 18.8 Å². The van der Waals surface area contributed by atoms with Crippen LogP contribution in [0.1, 0.15) is 26.7 Å². The first-order valence-electron chi connectivity index (χ1n) is 7.83. The van der Waals surface area contributed by atoms with Crippen LogP contribution in [0.2, 0.25) is 5.02 Å². The van der Waals surface area contributed by atoms with Crippen molar-refractivity contribution >= 4 is 34.9 Å². The lowest BCUT2D eigenvalue weighted by atomic mass is 10.2. The van der Waals surface area contributed by atoms with Gasteiger partial charge < -0.3 is 19.9 Å². The van der Waals surface area contributed by atoms with Gasteiger partial charge >= 0.3 is 0 Å². The molecule has 0 fully saturated rings. The molecule has 0 spiro atoms. The molecule has 1 aromatic carbocycles. The van der Waals surface area contributed by atoms with Crippen LogP contribution in [0.3, 0.4) is 0 Å². The van der Waals surface area contributed by atoms with Crippen LogP contribution in [-0.4, -0.2) is 29.1 Å². The number of rotatable bonds is 5. The van der Waals surface area contributed by atoms with Gasteiger partial charge in [0.2, 0.25) is 0 Å². The third-order valence-corrected chi connectivity index (χ3v) is 3.79. The first kappa shape index (κ1) is 18.4. The molecule has 0 bridgehead atoms. The normalized spacial score (nSPS) is 10.3. The largest absolute Gasteiger partial charge is 0.495 e. The van der Waals surface area contributed by atoms with Crippen molar-refractivity contribution in [2.24, 2.45) is 0 Å². The highest BCUT2D eigenvalue weighted by Crippen LogP contribution is 2.27. The lowest BCUT2D eigenvalue weighted by Crippen LogP contribution is -2.18. The minimum atomic E-state index is -0.509. The molecule has 2 heterocycles. The number of benzene rings is 1. The van der Waals surface area contributed by atoms with Crippen LogP contribution in [0, 0.1) is 6.92 Å². The van der Waals surface area contributed by atoms with E-state index < -0.39 is 11.8 Å². The maximum Gasteiger partial charge on any atom is 0.275 e. The third-order valence-electron chi connectivity index (χ3n) is 3.49. The number of aromatic nitrogens is 2. The second-order valence-corrected chi connectivity index (χ2v) is 5.90.